The number of carboxylic acids is 1. The molecular formula is C22H22ClIN2O4. The standard InChI is InChI=1S/C22H22ClIN2O4/c1-12(2)3-10-18(22(29)30)26-19(13-4-6-14(23)7-5-13)20(27)25-17-9-8-15(24)11-16(17)21(26)28/h4-9,11-12,18-19H,3,10H2,1-2H3,(H,25,27)(H,29,30)/t18-,19-/m0/s1. The summed E-state index contributed by atoms with van der Waals surface area (Å²) in [4.78, 5) is 40.3. The summed E-state index contributed by atoms with van der Waals surface area (Å²) < 4.78 is 0.813. The van der Waals surface area contributed by atoms with Gasteiger partial charge in [-0.2, -0.15) is 0 Å². The van der Waals surface area contributed by atoms with Crippen molar-refractivity contribution in [2.24, 2.45) is 5.92 Å². The molecule has 158 valence electrons. The second kappa shape index (κ2) is 9.34. The zero-order chi connectivity index (χ0) is 22.0. The number of amides is 2. The van der Waals surface area contributed by atoms with Gasteiger partial charge in [-0.25, -0.2) is 4.79 Å². The zero-order valence-corrected chi connectivity index (χ0v) is 19.5. The summed E-state index contributed by atoms with van der Waals surface area (Å²) in [6.45, 7) is 3.98. The van der Waals surface area contributed by atoms with E-state index in [2.05, 4.69) is 27.9 Å². The van der Waals surface area contributed by atoms with Crippen molar-refractivity contribution >= 4 is 57.7 Å². The molecule has 2 aromatic carbocycles. The number of carbonyl (C=O) groups is 3. The molecule has 2 aromatic rings. The first kappa shape index (κ1) is 22.6. The van der Waals surface area contributed by atoms with E-state index in [4.69, 9.17) is 11.6 Å². The van der Waals surface area contributed by atoms with E-state index in [0.717, 1.165) is 3.57 Å². The van der Waals surface area contributed by atoms with Gasteiger partial charge in [0.15, 0.2) is 0 Å². The Kier molecular flexibility index (Phi) is 7.02. The van der Waals surface area contributed by atoms with E-state index >= 15 is 0 Å². The van der Waals surface area contributed by atoms with E-state index in [1.165, 1.54) is 4.90 Å². The SMILES string of the molecule is CC(C)CC[C@@H](C(=O)O)N1C(=O)c2cc(I)ccc2NC(=O)[C@@H]1c1ccc(Cl)cc1. The largest absolute Gasteiger partial charge is 0.480 e. The number of fused-ring (bicyclic) bond motifs is 1. The Hall–Kier alpha value is -2.13. The maximum Gasteiger partial charge on any atom is 0.326 e. The molecule has 30 heavy (non-hydrogen) atoms. The van der Waals surface area contributed by atoms with Crippen molar-refractivity contribution in [2.75, 3.05) is 5.32 Å². The van der Waals surface area contributed by atoms with Crippen molar-refractivity contribution in [1.82, 2.24) is 4.90 Å². The van der Waals surface area contributed by atoms with Crippen molar-refractivity contribution in [3.8, 4) is 0 Å². The normalized spacial score (nSPS) is 17.4. The molecule has 0 saturated carbocycles. The average Bonchev–Trinajstić information content (AvgIpc) is 2.78. The van der Waals surface area contributed by atoms with Gasteiger partial charge >= 0.3 is 5.97 Å². The molecule has 0 aliphatic carbocycles. The number of nitrogens with one attached hydrogen (secondary N) is 1. The van der Waals surface area contributed by atoms with Crippen LogP contribution < -0.4 is 5.32 Å². The van der Waals surface area contributed by atoms with Crippen molar-refractivity contribution in [3.63, 3.8) is 0 Å². The van der Waals surface area contributed by atoms with Crippen LogP contribution >= 0.6 is 34.2 Å². The van der Waals surface area contributed by atoms with Gasteiger partial charge in [-0.1, -0.05) is 37.6 Å². The second-order valence-corrected chi connectivity index (χ2v) is 9.35. The highest BCUT2D eigenvalue weighted by molar-refractivity contribution is 14.1. The predicted molar refractivity (Wildman–Crippen MR) is 124 cm³/mol. The summed E-state index contributed by atoms with van der Waals surface area (Å²) in [6, 6.07) is 9.42. The van der Waals surface area contributed by atoms with Crippen LogP contribution in [-0.4, -0.2) is 33.8 Å². The van der Waals surface area contributed by atoms with Crippen LogP contribution in [0.5, 0.6) is 0 Å². The minimum atomic E-state index is -1.14. The first-order chi connectivity index (χ1) is 14.2. The van der Waals surface area contributed by atoms with Gasteiger partial charge in [-0.3, -0.25) is 9.59 Å². The summed E-state index contributed by atoms with van der Waals surface area (Å²) in [5.41, 5.74) is 1.16. The van der Waals surface area contributed by atoms with Crippen molar-refractivity contribution < 1.29 is 19.5 Å². The molecule has 8 heteroatoms. The second-order valence-electron chi connectivity index (χ2n) is 7.67. The lowest BCUT2D eigenvalue weighted by atomic mass is 9.97. The molecule has 0 unspecified atom stereocenters. The highest BCUT2D eigenvalue weighted by Crippen LogP contribution is 2.35. The predicted octanol–water partition coefficient (Wildman–Crippen LogP) is 4.97. The molecule has 2 N–H and O–H groups in total. The molecule has 2 amide bonds. The summed E-state index contributed by atoms with van der Waals surface area (Å²) in [6.07, 6.45) is 0.851. The van der Waals surface area contributed by atoms with E-state index in [9.17, 15) is 19.5 Å². The fraction of sp³-hybridized carbons (Fsp3) is 0.318. The number of carbonyl (C=O) groups excluding carboxylic acids is 2. The molecule has 0 fully saturated rings. The number of hydrogen-bond donors (Lipinski definition) is 2. The van der Waals surface area contributed by atoms with E-state index in [1.54, 1.807) is 42.5 Å². The Bertz CT molecular complexity index is 978. The van der Waals surface area contributed by atoms with Gasteiger partial charge in [-0.05, 0) is 77.2 Å². The third-order valence-corrected chi connectivity index (χ3v) is 5.98. The Morgan fingerprint density at radius 2 is 1.83 bits per heavy atom. The summed E-state index contributed by atoms with van der Waals surface area (Å²) >= 11 is 8.08. The molecule has 1 aliphatic rings. The van der Waals surface area contributed by atoms with E-state index in [1.807, 2.05) is 13.8 Å². The Balaban J connectivity index is 2.17. The Morgan fingerprint density at radius 3 is 2.43 bits per heavy atom. The maximum atomic E-state index is 13.6. The number of nitrogens with zero attached hydrogens (tertiary/aromatic N) is 1. The number of benzene rings is 2. The first-order valence-electron chi connectivity index (χ1n) is 9.60. The quantitative estimate of drug-likeness (QED) is 0.507. The first-order valence-corrected chi connectivity index (χ1v) is 11.1. The van der Waals surface area contributed by atoms with Crippen molar-refractivity contribution in [3.05, 3.63) is 62.2 Å². The number of hydrogen-bond acceptors (Lipinski definition) is 3. The van der Waals surface area contributed by atoms with Gasteiger partial charge < -0.3 is 15.3 Å². The van der Waals surface area contributed by atoms with Crippen molar-refractivity contribution in [2.45, 2.75) is 38.8 Å². The highest BCUT2D eigenvalue weighted by Gasteiger charge is 2.42. The molecular weight excluding hydrogens is 519 g/mol. The Morgan fingerprint density at radius 1 is 1.17 bits per heavy atom. The number of anilines is 1. The summed E-state index contributed by atoms with van der Waals surface area (Å²) in [7, 11) is 0. The number of carboxylic acid groups (broad SMARTS) is 1. The molecule has 0 aromatic heterocycles. The fourth-order valence-corrected chi connectivity index (χ4v) is 4.15. The van der Waals surface area contributed by atoms with Crippen LogP contribution in [0.25, 0.3) is 0 Å². The zero-order valence-electron chi connectivity index (χ0n) is 16.6. The van der Waals surface area contributed by atoms with Crippen LogP contribution in [0.1, 0.15) is 48.7 Å². The molecule has 0 radical (unpaired) electrons. The number of halogens is 2. The van der Waals surface area contributed by atoms with Crippen LogP contribution in [0.4, 0.5) is 5.69 Å². The maximum absolute atomic E-state index is 13.6. The lowest BCUT2D eigenvalue weighted by molar-refractivity contribution is -0.144. The van der Waals surface area contributed by atoms with Gasteiger partial charge in [0, 0.05) is 8.59 Å². The minimum Gasteiger partial charge on any atom is -0.480 e. The molecule has 0 saturated heterocycles. The highest BCUT2D eigenvalue weighted by atomic mass is 127. The van der Waals surface area contributed by atoms with E-state index < -0.39 is 29.9 Å². The molecule has 1 aliphatic heterocycles. The topological polar surface area (TPSA) is 86.7 Å². The van der Waals surface area contributed by atoms with Crippen LogP contribution in [-0.2, 0) is 9.59 Å². The van der Waals surface area contributed by atoms with Crippen molar-refractivity contribution in [1.29, 1.82) is 0 Å². The number of rotatable bonds is 6. The molecule has 1 heterocycles. The van der Waals surface area contributed by atoms with Crippen LogP contribution in [0.3, 0.4) is 0 Å². The lowest BCUT2D eigenvalue weighted by Gasteiger charge is -2.34. The summed E-state index contributed by atoms with van der Waals surface area (Å²) in [5.74, 6) is -1.82. The molecule has 0 spiro atoms. The van der Waals surface area contributed by atoms with Crippen LogP contribution in [0.15, 0.2) is 42.5 Å². The van der Waals surface area contributed by atoms with Gasteiger partial charge in [0.2, 0.25) is 0 Å². The lowest BCUT2D eigenvalue weighted by Crippen LogP contribution is -2.49. The fourth-order valence-electron chi connectivity index (χ4n) is 3.54. The van der Waals surface area contributed by atoms with E-state index in [0.29, 0.717) is 22.7 Å². The van der Waals surface area contributed by atoms with Crippen LogP contribution in [0.2, 0.25) is 5.02 Å². The Labute approximate surface area is 193 Å². The monoisotopic (exact) mass is 540 g/mol. The molecule has 0 bridgehead atoms. The summed E-state index contributed by atoms with van der Waals surface area (Å²) in [5, 5.41) is 13.3. The van der Waals surface area contributed by atoms with Crippen LogP contribution in [0, 0.1) is 9.49 Å². The molecule has 6 nitrogen and oxygen atoms in total. The third kappa shape index (κ3) is 4.78. The smallest absolute Gasteiger partial charge is 0.326 e. The van der Waals surface area contributed by atoms with Gasteiger partial charge in [0.1, 0.15) is 12.1 Å². The van der Waals surface area contributed by atoms with Gasteiger partial charge in [-0.15, -0.1) is 0 Å². The van der Waals surface area contributed by atoms with Gasteiger partial charge in [0.25, 0.3) is 11.8 Å². The third-order valence-electron chi connectivity index (χ3n) is 5.05. The molecule has 3 rings (SSSR count). The van der Waals surface area contributed by atoms with Gasteiger partial charge in [0.05, 0.1) is 11.3 Å². The van der Waals surface area contributed by atoms with E-state index in [-0.39, 0.29) is 17.9 Å². The minimum absolute atomic E-state index is 0.245. The average molecular weight is 541 g/mol. The number of aliphatic carboxylic acids is 1. The molecule has 2 atom stereocenters.